The summed E-state index contributed by atoms with van der Waals surface area (Å²) in [6.07, 6.45) is 0.888. The zero-order chi connectivity index (χ0) is 19.2. The maximum absolute atomic E-state index is 11.3. The van der Waals surface area contributed by atoms with Crippen molar-refractivity contribution in [2.24, 2.45) is 0 Å². The van der Waals surface area contributed by atoms with E-state index in [1.165, 1.54) is 18.1 Å². The third-order valence-corrected chi connectivity index (χ3v) is 3.97. The first kappa shape index (κ1) is 21.1. The van der Waals surface area contributed by atoms with Gasteiger partial charge in [-0.25, -0.2) is 0 Å². The summed E-state index contributed by atoms with van der Waals surface area (Å²) in [4.78, 5) is 22.3. The van der Waals surface area contributed by atoms with E-state index >= 15 is 0 Å². The molecule has 0 fully saturated rings. The van der Waals surface area contributed by atoms with Gasteiger partial charge in [0.25, 0.3) is 15.8 Å². The molecular formula is C12H16BrN3O8S. The number of alkyl halides is 1. The highest BCUT2D eigenvalue weighted by molar-refractivity contribution is 9.09. The van der Waals surface area contributed by atoms with Crippen molar-refractivity contribution in [1.82, 2.24) is 0 Å². The number of halogens is 1. The molecule has 0 aliphatic heterocycles. The van der Waals surface area contributed by atoms with E-state index < -0.39 is 31.3 Å². The predicted octanol–water partition coefficient (Wildman–Crippen LogP) is 1.69. The summed E-state index contributed by atoms with van der Waals surface area (Å²) < 4.78 is 31.7. The molecule has 0 atom stereocenters. The molecule has 0 amide bonds. The lowest BCUT2D eigenvalue weighted by Crippen LogP contribution is -2.30. The fourth-order valence-corrected chi connectivity index (χ4v) is 2.81. The van der Waals surface area contributed by atoms with Gasteiger partial charge in [-0.1, -0.05) is 15.9 Å². The minimum Gasteiger partial charge on any atom is -0.490 e. The SMILES string of the molecule is COc1cc(N(CCBr)CCOS(C)(=O)=O)c([N+](=O)[O-])cc1[N+](=O)[O-]. The first-order chi connectivity index (χ1) is 11.6. The molecule has 0 saturated heterocycles. The van der Waals surface area contributed by atoms with E-state index in [0.717, 1.165) is 12.3 Å². The molecule has 140 valence electrons. The minimum atomic E-state index is -3.66. The first-order valence-electron chi connectivity index (χ1n) is 6.76. The van der Waals surface area contributed by atoms with Gasteiger partial charge in [-0.2, -0.15) is 8.42 Å². The molecule has 0 aliphatic carbocycles. The van der Waals surface area contributed by atoms with Crippen molar-refractivity contribution in [2.75, 3.05) is 43.3 Å². The van der Waals surface area contributed by atoms with Crippen LogP contribution in [-0.4, -0.2) is 56.7 Å². The summed E-state index contributed by atoms with van der Waals surface area (Å²) >= 11 is 3.20. The lowest BCUT2D eigenvalue weighted by atomic mass is 10.2. The van der Waals surface area contributed by atoms with Crippen LogP contribution in [0.5, 0.6) is 5.75 Å². The Morgan fingerprint density at radius 2 is 1.76 bits per heavy atom. The second-order valence-corrected chi connectivity index (χ2v) is 7.17. The van der Waals surface area contributed by atoms with Crippen LogP contribution in [0.25, 0.3) is 0 Å². The topological polar surface area (TPSA) is 142 Å². The van der Waals surface area contributed by atoms with Crippen LogP contribution in [-0.2, 0) is 14.3 Å². The molecule has 1 aromatic rings. The maximum Gasteiger partial charge on any atom is 0.317 e. The number of nitro groups is 2. The van der Waals surface area contributed by atoms with Gasteiger partial charge >= 0.3 is 5.69 Å². The van der Waals surface area contributed by atoms with E-state index in [1.807, 2.05) is 0 Å². The van der Waals surface area contributed by atoms with Crippen LogP contribution in [0.4, 0.5) is 17.1 Å². The molecule has 0 bridgehead atoms. The number of hydrogen-bond donors (Lipinski definition) is 0. The zero-order valence-electron chi connectivity index (χ0n) is 13.4. The van der Waals surface area contributed by atoms with E-state index in [1.54, 1.807) is 0 Å². The normalized spacial score (nSPS) is 11.2. The smallest absolute Gasteiger partial charge is 0.317 e. The van der Waals surface area contributed by atoms with Crippen LogP contribution in [0.15, 0.2) is 12.1 Å². The summed E-state index contributed by atoms with van der Waals surface area (Å²) in [6.45, 7) is 0.0533. The van der Waals surface area contributed by atoms with E-state index in [-0.39, 0.29) is 31.1 Å². The predicted molar refractivity (Wildman–Crippen MR) is 93.1 cm³/mol. The molecule has 1 aromatic carbocycles. The number of nitrogens with zero attached hydrogens (tertiary/aromatic N) is 3. The Bertz CT molecular complexity index is 755. The van der Waals surface area contributed by atoms with Crippen molar-refractivity contribution >= 4 is 43.1 Å². The standard InChI is InChI=1S/C12H16BrN3O8S/c1-23-12-8-9(10(15(17)18)7-11(12)16(19)20)14(4-3-13)5-6-24-25(2,21)22/h7-8H,3-6H2,1-2H3. The van der Waals surface area contributed by atoms with Crippen molar-refractivity contribution in [3.05, 3.63) is 32.4 Å². The summed E-state index contributed by atoms with van der Waals surface area (Å²) in [5.41, 5.74) is -0.971. The number of methoxy groups -OCH3 is 1. The third kappa shape index (κ3) is 6.10. The fraction of sp³-hybridized carbons (Fsp3) is 0.500. The van der Waals surface area contributed by atoms with Crippen molar-refractivity contribution in [1.29, 1.82) is 0 Å². The van der Waals surface area contributed by atoms with Gasteiger partial charge in [0.2, 0.25) is 0 Å². The fourth-order valence-electron chi connectivity index (χ4n) is 2.01. The monoisotopic (exact) mass is 441 g/mol. The van der Waals surface area contributed by atoms with Crippen LogP contribution >= 0.6 is 15.9 Å². The number of nitro benzene ring substituents is 2. The van der Waals surface area contributed by atoms with Gasteiger partial charge in [0, 0.05) is 24.5 Å². The molecule has 0 N–H and O–H groups in total. The highest BCUT2D eigenvalue weighted by Gasteiger charge is 2.28. The van der Waals surface area contributed by atoms with Gasteiger partial charge < -0.3 is 9.64 Å². The van der Waals surface area contributed by atoms with Crippen LogP contribution < -0.4 is 9.64 Å². The average Bonchev–Trinajstić information content (AvgIpc) is 2.51. The number of benzene rings is 1. The lowest BCUT2D eigenvalue weighted by molar-refractivity contribution is -0.394. The molecular weight excluding hydrogens is 426 g/mol. The Kier molecular flexibility index (Phi) is 7.51. The van der Waals surface area contributed by atoms with E-state index in [0.29, 0.717) is 5.33 Å². The quantitative estimate of drug-likeness (QED) is 0.229. The van der Waals surface area contributed by atoms with Crippen LogP contribution in [0.2, 0.25) is 0 Å². The minimum absolute atomic E-state index is 0.0144. The molecule has 25 heavy (non-hydrogen) atoms. The molecule has 0 radical (unpaired) electrons. The highest BCUT2D eigenvalue weighted by atomic mass is 79.9. The Morgan fingerprint density at radius 3 is 2.20 bits per heavy atom. The van der Waals surface area contributed by atoms with Gasteiger partial charge in [-0.05, 0) is 0 Å². The van der Waals surface area contributed by atoms with Crippen molar-refractivity contribution in [2.45, 2.75) is 0 Å². The van der Waals surface area contributed by atoms with Crippen molar-refractivity contribution in [3.8, 4) is 5.75 Å². The largest absolute Gasteiger partial charge is 0.490 e. The van der Waals surface area contributed by atoms with Crippen LogP contribution in [0, 0.1) is 20.2 Å². The number of anilines is 1. The van der Waals surface area contributed by atoms with Gasteiger partial charge in [0.15, 0.2) is 5.75 Å². The Hall–Kier alpha value is -1.99. The molecule has 0 aliphatic rings. The molecule has 0 heterocycles. The number of ether oxygens (including phenoxy) is 1. The molecule has 0 spiro atoms. The summed E-state index contributed by atoms with van der Waals surface area (Å²) in [5, 5.41) is 22.8. The van der Waals surface area contributed by atoms with Crippen LogP contribution in [0.1, 0.15) is 0 Å². The summed E-state index contributed by atoms with van der Waals surface area (Å²) in [5.74, 6) is -0.144. The molecule has 13 heteroatoms. The Labute approximate surface area is 152 Å². The average molecular weight is 442 g/mol. The molecule has 11 nitrogen and oxygen atoms in total. The van der Waals surface area contributed by atoms with E-state index in [2.05, 4.69) is 20.1 Å². The summed E-state index contributed by atoms with van der Waals surface area (Å²) in [6, 6.07) is 1.99. The zero-order valence-corrected chi connectivity index (χ0v) is 15.8. The molecule has 0 saturated carbocycles. The van der Waals surface area contributed by atoms with E-state index in [9.17, 15) is 28.6 Å². The lowest BCUT2D eigenvalue weighted by Gasteiger charge is -2.23. The second-order valence-electron chi connectivity index (χ2n) is 4.73. The molecule has 0 unspecified atom stereocenters. The van der Waals surface area contributed by atoms with Gasteiger partial charge in [-0.15, -0.1) is 0 Å². The van der Waals surface area contributed by atoms with Crippen molar-refractivity contribution in [3.63, 3.8) is 0 Å². The number of rotatable bonds is 10. The second kappa shape index (κ2) is 8.92. The van der Waals surface area contributed by atoms with Crippen molar-refractivity contribution < 1.29 is 27.2 Å². The van der Waals surface area contributed by atoms with Gasteiger partial charge in [0.05, 0.1) is 35.9 Å². The van der Waals surface area contributed by atoms with Gasteiger partial charge in [-0.3, -0.25) is 24.4 Å². The third-order valence-electron chi connectivity index (χ3n) is 3.02. The van der Waals surface area contributed by atoms with E-state index in [4.69, 9.17) is 4.74 Å². The molecule has 0 aromatic heterocycles. The molecule has 1 rings (SSSR count). The van der Waals surface area contributed by atoms with Crippen LogP contribution in [0.3, 0.4) is 0 Å². The number of hydrogen-bond acceptors (Lipinski definition) is 9. The first-order valence-corrected chi connectivity index (χ1v) is 9.70. The Balaban J connectivity index is 3.31. The summed E-state index contributed by atoms with van der Waals surface area (Å²) in [7, 11) is -2.45. The maximum atomic E-state index is 11.3. The van der Waals surface area contributed by atoms with Gasteiger partial charge in [0.1, 0.15) is 5.69 Å². The highest BCUT2D eigenvalue weighted by Crippen LogP contribution is 2.39. The Morgan fingerprint density at radius 1 is 1.16 bits per heavy atom.